The molecule has 0 amide bonds. The highest BCUT2D eigenvalue weighted by Crippen LogP contribution is 2.24. The largest absolute Gasteiger partial charge is 0.427 e. The molecular weight excluding hydrogens is 244 g/mol. The monoisotopic (exact) mass is 258 g/mol. The van der Waals surface area contributed by atoms with Crippen molar-refractivity contribution < 1.29 is 13.9 Å². The summed E-state index contributed by atoms with van der Waals surface area (Å²) in [5.74, 6) is -0.0549. The van der Waals surface area contributed by atoms with E-state index in [4.69, 9.17) is 9.15 Å². The summed E-state index contributed by atoms with van der Waals surface area (Å²) in [4.78, 5) is 22.8. The minimum Gasteiger partial charge on any atom is -0.427 e. The Hall–Kier alpha value is -2.36. The molecule has 2 rings (SSSR count). The van der Waals surface area contributed by atoms with E-state index >= 15 is 0 Å². The molecule has 4 heteroatoms. The molecule has 98 valence electrons. The molecular formula is C15H14O4. The molecule has 0 radical (unpaired) electrons. The molecule has 0 spiro atoms. The molecule has 0 unspecified atom stereocenters. The Morgan fingerprint density at radius 2 is 2.21 bits per heavy atom. The first-order chi connectivity index (χ1) is 9.02. The first-order valence-electron chi connectivity index (χ1n) is 5.88. The Bertz CT molecular complexity index is 710. The van der Waals surface area contributed by atoms with Crippen molar-refractivity contribution in [1.29, 1.82) is 0 Å². The molecule has 0 saturated carbocycles. The van der Waals surface area contributed by atoms with Crippen molar-refractivity contribution in [2.24, 2.45) is 0 Å². The highest BCUT2D eigenvalue weighted by molar-refractivity contribution is 5.83. The smallest absolute Gasteiger partial charge is 0.340 e. The van der Waals surface area contributed by atoms with Gasteiger partial charge in [0.05, 0.1) is 0 Å². The summed E-state index contributed by atoms with van der Waals surface area (Å²) in [5.41, 5.74) is 1.49. The first-order valence-corrected chi connectivity index (χ1v) is 5.88. The lowest BCUT2D eigenvalue weighted by atomic mass is 10.0. The van der Waals surface area contributed by atoms with E-state index in [1.54, 1.807) is 24.3 Å². The normalized spacial score (nSPS) is 10.4. The van der Waals surface area contributed by atoms with Gasteiger partial charge >= 0.3 is 11.6 Å². The van der Waals surface area contributed by atoms with E-state index in [-0.39, 0.29) is 5.63 Å². The molecule has 1 heterocycles. The number of rotatable bonds is 3. The van der Waals surface area contributed by atoms with E-state index in [2.05, 4.69) is 6.58 Å². The second kappa shape index (κ2) is 5.10. The van der Waals surface area contributed by atoms with Gasteiger partial charge in [0.15, 0.2) is 0 Å². The molecule has 0 aliphatic carbocycles. The molecule has 0 saturated heterocycles. The highest BCUT2D eigenvalue weighted by Gasteiger charge is 2.11. The van der Waals surface area contributed by atoms with Gasteiger partial charge in [-0.1, -0.05) is 6.08 Å². The third kappa shape index (κ3) is 2.57. The van der Waals surface area contributed by atoms with Crippen molar-refractivity contribution in [3.8, 4) is 5.75 Å². The summed E-state index contributed by atoms with van der Waals surface area (Å²) in [5, 5.41) is 0.826. The van der Waals surface area contributed by atoms with Crippen molar-refractivity contribution in [3.63, 3.8) is 0 Å². The summed E-state index contributed by atoms with van der Waals surface area (Å²) in [7, 11) is 0. The molecule has 19 heavy (non-hydrogen) atoms. The van der Waals surface area contributed by atoms with E-state index in [1.807, 2.05) is 6.92 Å². The number of benzene rings is 1. The number of aryl methyl sites for hydroxylation is 1. The molecule has 1 aromatic heterocycles. The standard InChI is InChI=1S/C15H14O4/c1-4-5-13-9(2)12-7-6-11(18-10(3)16)8-14(12)19-15(13)17/h4,6-8H,1,5H2,2-3H3. The lowest BCUT2D eigenvalue weighted by molar-refractivity contribution is -0.131. The Morgan fingerprint density at radius 1 is 1.47 bits per heavy atom. The quantitative estimate of drug-likeness (QED) is 0.367. The van der Waals surface area contributed by atoms with Gasteiger partial charge in [0, 0.05) is 23.9 Å². The average Bonchev–Trinajstić information content (AvgIpc) is 2.33. The summed E-state index contributed by atoms with van der Waals surface area (Å²) in [6.07, 6.45) is 2.13. The molecule has 1 aromatic carbocycles. The van der Waals surface area contributed by atoms with Crippen LogP contribution in [0.4, 0.5) is 0 Å². The SMILES string of the molecule is C=CCc1c(C)c2ccc(OC(C)=O)cc2oc1=O. The van der Waals surface area contributed by atoms with Gasteiger partial charge in [0.25, 0.3) is 0 Å². The van der Waals surface area contributed by atoms with Gasteiger partial charge in [0.2, 0.25) is 0 Å². The molecule has 0 fully saturated rings. The maximum atomic E-state index is 11.9. The Balaban J connectivity index is 2.63. The van der Waals surface area contributed by atoms with Gasteiger partial charge in [-0.3, -0.25) is 4.79 Å². The van der Waals surface area contributed by atoms with Crippen LogP contribution in [0.25, 0.3) is 11.0 Å². The average molecular weight is 258 g/mol. The van der Waals surface area contributed by atoms with E-state index < -0.39 is 5.97 Å². The topological polar surface area (TPSA) is 56.5 Å². The van der Waals surface area contributed by atoms with E-state index in [0.29, 0.717) is 23.3 Å². The highest BCUT2D eigenvalue weighted by atomic mass is 16.5. The molecule has 0 bridgehead atoms. The predicted molar refractivity (Wildman–Crippen MR) is 72.4 cm³/mol. The number of hydrogen-bond acceptors (Lipinski definition) is 4. The van der Waals surface area contributed by atoms with Crippen LogP contribution in [0.1, 0.15) is 18.1 Å². The zero-order valence-electron chi connectivity index (χ0n) is 10.9. The van der Waals surface area contributed by atoms with Crippen LogP contribution in [0.15, 0.2) is 40.1 Å². The van der Waals surface area contributed by atoms with Gasteiger partial charge in [-0.05, 0) is 31.0 Å². The Kier molecular flexibility index (Phi) is 3.51. The zero-order chi connectivity index (χ0) is 14.0. The number of ether oxygens (including phenoxy) is 1. The Labute approximate surface area is 110 Å². The van der Waals surface area contributed by atoms with Crippen molar-refractivity contribution in [2.75, 3.05) is 0 Å². The van der Waals surface area contributed by atoms with Crippen LogP contribution in [-0.4, -0.2) is 5.97 Å². The van der Waals surface area contributed by atoms with Crippen molar-refractivity contribution in [2.45, 2.75) is 20.3 Å². The maximum absolute atomic E-state index is 11.9. The van der Waals surface area contributed by atoms with Crippen LogP contribution >= 0.6 is 0 Å². The summed E-state index contributed by atoms with van der Waals surface area (Å²) >= 11 is 0. The van der Waals surface area contributed by atoms with E-state index in [0.717, 1.165) is 10.9 Å². The fourth-order valence-corrected chi connectivity index (χ4v) is 1.98. The number of carbonyl (C=O) groups is 1. The van der Waals surface area contributed by atoms with Crippen LogP contribution in [-0.2, 0) is 11.2 Å². The number of hydrogen-bond donors (Lipinski definition) is 0. The van der Waals surface area contributed by atoms with Crippen molar-refractivity contribution >= 4 is 16.9 Å². The van der Waals surface area contributed by atoms with Crippen molar-refractivity contribution in [1.82, 2.24) is 0 Å². The van der Waals surface area contributed by atoms with Crippen molar-refractivity contribution in [3.05, 3.63) is 52.4 Å². The molecule has 0 N–H and O–H groups in total. The molecule has 0 aliphatic rings. The van der Waals surface area contributed by atoms with Crippen LogP contribution in [0.2, 0.25) is 0 Å². The van der Waals surface area contributed by atoms with E-state index in [9.17, 15) is 9.59 Å². The minimum absolute atomic E-state index is 0.360. The fraction of sp³-hybridized carbons (Fsp3) is 0.200. The second-order valence-electron chi connectivity index (χ2n) is 4.24. The first kappa shape index (κ1) is 13.1. The molecule has 0 aliphatic heterocycles. The molecule has 2 aromatic rings. The van der Waals surface area contributed by atoms with E-state index in [1.165, 1.54) is 6.92 Å². The molecule has 4 nitrogen and oxygen atoms in total. The fourth-order valence-electron chi connectivity index (χ4n) is 1.98. The summed E-state index contributed by atoms with van der Waals surface area (Å²) in [6, 6.07) is 5.00. The summed E-state index contributed by atoms with van der Waals surface area (Å²) in [6.45, 7) is 6.81. The number of carbonyl (C=O) groups excluding carboxylic acids is 1. The van der Waals surface area contributed by atoms with Crippen LogP contribution in [0.5, 0.6) is 5.75 Å². The maximum Gasteiger partial charge on any atom is 0.340 e. The summed E-state index contributed by atoms with van der Waals surface area (Å²) < 4.78 is 10.2. The van der Waals surface area contributed by atoms with Gasteiger partial charge < -0.3 is 9.15 Å². The van der Waals surface area contributed by atoms with Crippen LogP contribution in [0, 0.1) is 6.92 Å². The number of allylic oxidation sites excluding steroid dienone is 1. The van der Waals surface area contributed by atoms with Crippen LogP contribution < -0.4 is 10.4 Å². The Morgan fingerprint density at radius 3 is 2.84 bits per heavy atom. The van der Waals surface area contributed by atoms with Gasteiger partial charge in [-0.2, -0.15) is 0 Å². The minimum atomic E-state index is -0.415. The van der Waals surface area contributed by atoms with Gasteiger partial charge in [-0.25, -0.2) is 4.79 Å². The van der Waals surface area contributed by atoms with Crippen LogP contribution in [0.3, 0.4) is 0 Å². The lowest BCUT2D eigenvalue weighted by Crippen LogP contribution is -2.09. The molecule has 0 atom stereocenters. The van der Waals surface area contributed by atoms with Gasteiger partial charge in [-0.15, -0.1) is 6.58 Å². The lowest BCUT2D eigenvalue weighted by Gasteiger charge is -2.07. The number of fused-ring (bicyclic) bond motifs is 1. The second-order valence-corrected chi connectivity index (χ2v) is 4.24. The van der Waals surface area contributed by atoms with Gasteiger partial charge in [0.1, 0.15) is 11.3 Å². The third-order valence-corrected chi connectivity index (χ3v) is 2.87. The third-order valence-electron chi connectivity index (χ3n) is 2.87. The zero-order valence-corrected chi connectivity index (χ0v) is 10.9. The predicted octanol–water partition coefficient (Wildman–Crippen LogP) is 2.76. The number of esters is 1.